The summed E-state index contributed by atoms with van der Waals surface area (Å²) in [6, 6.07) is 58.4. The predicted octanol–water partition coefficient (Wildman–Crippen LogP) is 20.6. The second-order valence-electron chi connectivity index (χ2n) is 21.4. The topological polar surface area (TPSA) is 0 Å². The van der Waals surface area contributed by atoms with E-state index >= 15 is 0 Å². The highest BCUT2D eigenvalue weighted by atomic mass is 14.5. The monoisotopic (exact) mass is 907 g/mol. The number of rotatable bonds is 21. The summed E-state index contributed by atoms with van der Waals surface area (Å²) in [5, 5.41) is 0. The third-order valence-corrected chi connectivity index (χ3v) is 17.5. The molecule has 0 spiro atoms. The van der Waals surface area contributed by atoms with Gasteiger partial charge < -0.3 is 0 Å². The van der Waals surface area contributed by atoms with Crippen LogP contribution in [-0.2, 0) is 16.2 Å². The van der Waals surface area contributed by atoms with Gasteiger partial charge in [-0.3, -0.25) is 0 Å². The van der Waals surface area contributed by atoms with Gasteiger partial charge in [-0.05, 0) is 145 Å². The molecule has 10 rings (SSSR count). The molecule has 0 aliphatic heterocycles. The number of fused-ring (bicyclic) bond motifs is 9. The van der Waals surface area contributed by atoms with Crippen LogP contribution in [0.4, 0.5) is 0 Å². The Labute approximate surface area is 417 Å². The van der Waals surface area contributed by atoms with Crippen molar-refractivity contribution in [3.63, 3.8) is 0 Å². The molecule has 7 aromatic rings. The fourth-order valence-electron chi connectivity index (χ4n) is 14.4. The molecule has 354 valence electrons. The molecule has 0 heteroatoms. The van der Waals surface area contributed by atoms with Gasteiger partial charge in [0.05, 0.1) is 0 Å². The molecule has 0 bridgehead atoms. The minimum Gasteiger partial charge on any atom is -0.0654 e. The molecule has 3 aliphatic carbocycles. The summed E-state index contributed by atoms with van der Waals surface area (Å²) < 4.78 is 0. The van der Waals surface area contributed by atoms with Crippen molar-refractivity contribution in [2.24, 2.45) is 0 Å². The fraction of sp³-hybridized carbons (Fsp3) is 0.391. The zero-order valence-corrected chi connectivity index (χ0v) is 43.1. The summed E-state index contributed by atoms with van der Waals surface area (Å²) >= 11 is 0. The van der Waals surface area contributed by atoms with Gasteiger partial charge in [0.25, 0.3) is 0 Å². The van der Waals surface area contributed by atoms with Crippen molar-refractivity contribution in [2.45, 2.75) is 173 Å². The van der Waals surface area contributed by atoms with Crippen LogP contribution < -0.4 is 0 Å². The van der Waals surface area contributed by atoms with Crippen molar-refractivity contribution < 1.29 is 0 Å². The van der Waals surface area contributed by atoms with Gasteiger partial charge in [0.2, 0.25) is 0 Å². The van der Waals surface area contributed by atoms with Crippen LogP contribution in [0.2, 0.25) is 0 Å². The molecular weight excluding hydrogens is 829 g/mol. The van der Waals surface area contributed by atoms with Gasteiger partial charge in [-0.2, -0.15) is 0 Å². The van der Waals surface area contributed by atoms with Crippen molar-refractivity contribution in [3.05, 3.63) is 179 Å². The Morgan fingerprint density at radius 3 is 0.870 bits per heavy atom. The van der Waals surface area contributed by atoms with Crippen LogP contribution in [-0.4, -0.2) is 0 Å². The van der Waals surface area contributed by atoms with Crippen LogP contribution in [0, 0.1) is 0 Å². The lowest BCUT2D eigenvalue weighted by Gasteiger charge is -2.36. The van der Waals surface area contributed by atoms with E-state index in [-0.39, 0.29) is 16.2 Å². The van der Waals surface area contributed by atoms with E-state index in [2.05, 4.69) is 187 Å². The molecule has 0 unspecified atom stereocenters. The second-order valence-corrected chi connectivity index (χ2v) is 21.4. The second kappa shape index (κ2) is 20.1. The summed E-state index contributed by atoms with van der Waals surface area (Å²) in [6.45, 7) is 14.3. The van der Waals surface area contributed by atoms with Crippen molar-refractivity contribution in [3.8, 4) is 66.8 Å². The van der Waals surface area contributed by atoms with Gasteiger partial charge in [0.1, 0.15) is 0 Å². The largest absolute Gasteiger partial charge is 0.0654 e. The standard InChI is InChI=1S/C69H78/c1-7-13-42-67(43-14-8-2)61-37-22-19-28-52(61)56-33-25-31-50(64(56)67)49-40-41-51(55-32-26-34-57-53-29-20-23-38-62(53)68(65(55)57,44-15-9-3)45-16-10-4)60(48-49)59-36-27-35-58-54-30-21-24-39-63(54)69(66(58)59,46-17-11-5)47-18-12-6/h19-41,48H,7-18,42-47H2,1-6H3. The Morgan fingerprint density at radius 2 is 0.522 bits per heavy atom. The predicted molar refractivity (Wildman–Crippen MR) is 299 cm³/mol. The fourth-order valence-corrected chi connectivity index (χ4v) is 14.4. The van der Waals surface area contributed by atoms with E-state index in [1.54, 1.807) is 33.4 Å². The number of hydrogen-bond acceptors (Lipinski definition) is 0. The molecule has 0 N–H and O–H groups in total. The van der Waals surface area contributed by atoms with Crippen LogP contribution in [0.1, 0.15) is 190 Å². The van der Waals surface area contributed by atoms with E-state index in [1.165, 1.54) is 182 Å². The Hall–Kier alpha value is -5.46. The molecule has 3 aliphatic rings. The van der Waals surface area contributed by atoms with Gasteiger partial charge in [0.15, 0.2) is 0 Å². The third kappa shape index (κ3) is 7.70. The average molecular weight is 907 g/mol. The minimum atomic E-state index is -0.0478. The summed E-state index contributed by atoms with van der Waals surface area (Å²) in [5.74, 6) is 0. The molecule has 7 aromatic carbocycles. The Morgan fingerprint density at radius 1 is 0.246 bits per heavy atom. The highest BCUT2D eigenvalue weighted by Gasteiger charge is 2.47. The zero-order valence-electron chi connectivity index (χ0n) is 43.1. The quantitative estimate of drug-likeness (QED) is 0.0674. The first-order valence-corrected chi connectivity index (χ1v) is 27.8. The Kier molecular flexibility index (Phi) is 13.8. The summed E-state index contributed by atoms with van der Waals surface area (Å²) in [7, 11) is 0. The number of unbranched alkanes of at least 4 members (excludes halogenated alkanes) is 6. The van der Waals surface area contributed by atoms with Crippen LogP contribution in [0.3, 0.4) is 0 Å². The molecule has 0 aromatic heterocycles. The maximum absolute atomic E-state index is 2.70. The van der Waals surface area contributed by atoms with Crippen molar-refractivity contribution in [1.82, 2.24) is 0 Å². The van der Waals surface area contributed by atoms with Gasteiger partial charge >= 0.3 is 0 Å². The van der Waals surface area contributed by atoms with Crippen LogP contribution in [0.5, 0.6) is 0 Å². The zero-order chi connectivity index (χ0) is 47.6. The van der Waals surface area contributed by atoms with Gasteiger partial charge in [-0.1, -0.05) is 258 Å². The molecule has 0 saturated carbocycles. The van der Waals surface area contributed by atoms with Crippen LogP contribution >= 0.6 is 0 Å². The Balaban J connectivity index is 1.30. The number of hydrogen-bond donors (Lipinski definition) is 0. The molecule has 0 nitrogen and oxygen atoms in total. The molecule has 69 heavy (non-hydrogen) atoms. The van der Waals surface area contributed by atoms with E-state index in [0.29, 0.717) is 0 Å². The molecule has 0 saturated heterocycles. The lowest BCUT2D eigenvalue weighted by Crippen LogP contribution is -2.27. The first-order chi connectivity index (χ1) is 34.0. The number of benzene rings is 7. The van der Waals surface area contributed by atoms with E-state index in [0.717, 1.165) is 0 Å². The van der Waals surface area contributed by atoms with Crippen molar-refractivity contribution in [2.75, 3.05) is 0 Å². The van der Waals surface area contributed by atoms with Gasteiger partial charge in [0, 0.05) is 16.2 Å². The normalized spacial score (nSPS) is 15.0. The minimum absolute atomic E-state index is 0.0113. The lowest BCUT2D eigenvalue weighted by molar-refractivity contribution is 0.415. The van der Waals surface area contributed by atoms with Crippen LogP contribution in [0.15, 0.2) is 146 Å². The van der Waals surface area contributed by atoms with Crippen LogP contribution in [0.25, 0.3) is 66.8 Å². The van der Waals surface area contributed by atoms with Crippen molar-refractivity contribution >= 4 is 0 Å². The van der Waals surface area contributed by atoms with Crippen molar-refractivity contribution in [1.29, 1.82) is 0 Å². The van der Waals surface area contributed by atoms with E-state index in [1.807, 2.05) is 0 Å². The maximum Gasteiger partial charge on any atom is 0.0221 e. The van der Waals surface area contributed by atoms with E-state index in [9.17, 15) is 0 Å². The third-order valence-electron chi connectivity index (χ3n) is 17.5. The average Bonchev–Trinajstić information content (AvgIpc) is 3.97. The highest BCUT2D eigenvalue weighted by molar-refractivity contribution is 5.99. The molecule has 0 fully saturated rings. The first kappa shape index (κ1) is 47.2. The molecule has 0 amide bonds. The summed E-state index contributed by atoms with van der Waals surface area (Å²) in [6.07, 6.45) is 21.6. The van der Waals surface area contributed by atoms with Gasteiger partial charge in [-0.15, -0.1) is 0 Å². The molecular formula is C69H78. The summed E-state index contributed by atoms with van der Waals surface area (Å²) in [5.41, 5.74) is 26.4. The molecule has 0 heterocycles. The smallest absolute Gasteiger partial charge is 0.0221 e. The van der Waals surface area contributed by atoms with E-state index in [4.69, 9.17) is 0 Å². The lowest BCUT2D eigenvalue weighted by atomic mass is 9.67. The first-order valence-electron chi connectivity index (χ1n) is 27.8. The SMILES string of the molecule is CCCCC1(CCCC)c2ccccc2-c2cccc(-c3ccc(-c4cccc5c4C(CCCC)(CCCC)c4ccccc4-5)c(-c4cccc5c4C(CCCC)(CCCC)c4ccccc4-5)c3)c21. The Bertz CT molecular complexity index is 2910. The molecule has 0 atom stereocenters. The van der Waals surface area contributed by atoms with E-state index < -0.39 is 0 Å². The highest BCUT2D eigenvalue weighted by Crippen LogP contribution is 2.62. The summed E-state index contributed by atoms with van der Waals surface area (Å²) in [4.78, 5) is 0. The van der Waals surface area contributed by atoms with Gasteiger partial charge in [-0.25, -0.2) is 0 Å². The molecule has 0 radical (unpaired) electrons. The maximum atomic E-state index is 2.70.